The fraction of sp³-hybridized carbons (Fsp3) is 0.500. The zero-order chi connectivity index (χ0) is 18.6. The highest BCUT2D eigenvalue weighted by Gasteiger charge is 2.57. The highest BCUT2D eigenvalue weighted by atomic mass is 16.5. The Labute approximate surface area is 161 Å². The molecule has 2 aromatic carbocycles. The first-order valence-corrected chi connectivity index (χ1v) is 10.2. The van der Waals surface area contributed by atoms with E-state index < -0.39 is 0 Å². The van der Waals surface area contributed by atoms with Crippen molar-refractivity contribution in [2.45, 2.75) is 50.7 Å². The second kappa shape index (κ2) is 6.27. The molecule has 0 spiro atoms. The molecule has 3 aliphatic rings. The Morgan fingerprint density at radius 2 is 1.89 bits per heavy atom. The van der Waals surface area contributed by atoms with Crippen LogP contribution in [0, 0.1) is 17.3 Å². The van der Waals surface area contributed by atoms with Gasteiger partial charge in [0, 0.05) is 12.0 Å². The molecule has 1 unspecified atom stereocenters. The van der Waals surface area contributed by atoms with Gasteiger partial charge in [0.25, 0.3) is 0 Å². The quantitative estimate of drug-likeness (QED) is 0.806. The zero-order valence-corrected chi connectivity index (χ0v) is 16.1. The second-order valence-corrected chi connectivity index (χ2v) is 8.78. The monoisotopic (exact) mass is 364 g/mol. The smallest absolute Gasteiger partial charge is 0.127 e. The molecule has 0 aromatic heterocycles. The van der Waals surface area contributed by atoms with Crippen LogP contribution in [-0.4, -0.2) is 18.3 Å². The van der Waals surface area contributed by atoms with Crippen molar-refractivity contribution in [2.75, 3.05) is 7.11 Å². The molecule has 0 saturated heterocycles. The van der Waals surface area contributed by atoms with E-state index in [2.05, 4.69) is 49.4 Å². The van der Waals surface area contributed by atoms with Crippen molar-refractivity contribution >= 4 is 0 Å². The van der Waals surface area contributed by atoms with Crippen LogP contribution in [0.5, 0.6) is 11.5 Å². The maximum Gasteiger partial charge on any atom is 0.127 e. The fourth-order valence-electron chi connectivity index (χ4n) is 6.15. The standard InChI is InChI=1S/C24H28O3/c1-24-13-12-18-17-9-8-16(26-2)14-20(17)27-23(15-6-4-3-5-7-15)22(18)19(24)10-11-21(24)25/h3-9,14,18-19,21-23,25H,10-13H2,1-2H3/t18-,19+,21+,22-,23?,24+/m1/s1. The van der Waals surface area contributed by atoms with Crippen LogP contribution in [0.1, 0.15) is 55.8 Å². The van der Waals surface area contributed by atoms with E-state index in [0.717, 1.165) is 37.2 Å². The third kappa shape index (κ3) is 2.51. The van der Waals surface area contributed by atoms with Crippen molar-refractivity contribution in [2.24, 2.45) is 17.3 Å². The molecule has 0 amide bonds. The van der Waals surface area contributed by atoms with Gasteiger partial charge in [0.1, 0.15) is 17.6 Å². The summed E-state index contributed by atoms with van der Waals surface area (Å²) in [6, 6.07) is 16.9. The van der Waals surface area contributed by atoms with Crippen molar-refractivity contribution < 1.29 is 14.6 Å². The lowest BCUT2D eigenvalue weighted by molar-refractivity contribution is -0.0623. The van der Waals surface area contributed by atoms with Crippen LogP contribution in [0.15, 0.2) is 48.5 Å². The van der Waals surface area contributed by atoms with Gasteiger partial charge in [-0.25, -0.2) is 0 Å². The molecule has 27 heavy (non-hydrogen) atoms. The van der Waals surface area contributed by atoms with E-state index in [-0.39, 0.29) is 17.6 Å². The summed E-state index contributed by atoms with van der Waals surface area (Å²) in [4.78, 5) is 0. The zero-order valence-electron chi connectivity index (χ0n) is 16.1. The van der Waals surface area contributed by atoms with Gasteiger partial charge in [0.05, 0.1) is 13.2 Å². The van der Waals surface area contributed by atoms with Gasteiger partial charge in [-0.05, 0) is 60.1 Å². The van der Waals surface area contributed by atoms with Crippen LogP contribution in [0.2, 0.25) is 0 Å². The average Bonchev–Trinajstić information content (AvgIpc) is 3.02. The summed E-state index contributed by atoms with van der Waals surface area (Å²) in [6.45, 7) is 2.30. The number of ether oxygens (including phenoxy) is 2. The number of fused-ring (bicyclic) bond motifs is 5. The molecular weight excluding hydrogens is 336 g/mol. The van der Waals surface area contributed by atoms with E-state index >= 15 is 0 Å². The van der Waals surface area contributed by atoms with Gasteiger partial charge in [0.2, 0.25) is 0 Å². The Hall–Kier alpha value is -2.00. The third-order valence-electron chi connectivity index (χ3n) is 7.63. The summed E-state index contributed by atoms with van der Waals surface area (Å²) in [5.74, 6) is 3.19. The predicted molar refractivity (Wildman–Crippen MR) is 105 cm³/mol. The Bertz CT molecular complexity index is 833. The van der Waals surface area contributed by atoms with E-state index in [0.29, 0.717) is 17.8 Å². The van der Waals surface area contributed by atoms with Crippen LogP contribution >= 0.6 is 0 Å². The second-order valence-electron chi connectivity index (χ2n) is 8.78. The molecule has 0 bridgehead atoms. The first-order chi connectivity index (χ1) is 13.1. The van der Waals surface area contributed by atoms with Gasteiger partial charge in [-0.15, -0.1) is 0 Å². The molecule has 1 heterocycles. The topological polar surface area (TPSA) is 38.7 Å². The van der Waals surface area contributed by atoms with E-state index in [1.807, 2.05) is 6.07 Å². The molecule has 142 valence electrons. The third-order valence-corrected chi connectivity index (χ3v) is 7.63. The molecule has 1 N–H and O–H groups in total. The molecule has 1 aliphatic heterocycles. The summed E-state index contributed by atoms with van der Waals surface area (Å²) in [6.07, 6.45) is 4.06. The predicted octanol–water partition coefficient (Wildman–Crippen LogP) is 5.10. The molecule has 2 aliphatic carbocycles. The number of rotatable bonds is 2. The number of aliphatic hydroxyl groups excluding tert-OH is 1. The lowest BCUT2D eigenvalue weighted by Crippen LogP contribution is -2.47. The Kier molecular flexibility index (Phi) is 3.98. The maximum atomic E-state index is 10.7. The number of hydrogen-bond donors (Lipinski definition) is 1. The first kappa shape index (κ1) is 17.1. The molecular formula is C24H28O3. The lowest BCUT2D eigenvalue weighted by Gasteiger charge is -2.52. The average molecular weight is 364 g/mol. The first-order valence-electron chi connectivity index (χ1n) is 10.2. The summed E-state index contributed by atoms with van der Waals surface area (Å²) in [7, 11) is 1.70. The van der Waals surface area contributed by atoms with E-state index in [4.69, 9.17) is 9.47 Å². The highest BCUT2D eigenvalue weighted by molar-refractivity contribution is 5.46. The normalized spacial score (nSPS) is 36.9. The van der Waals surface area contributed by atoms with E-state index in [9.17, 15) is 5.11 Å². The van der Waals surface area contributed by atoms with Gasteiger partial charge in [-0.1, -0.05) is 43.3 Å². The maximum absolute atomic E-state index is 10.7. The molecule has 2 aromatic rings. The van der Waals surface area contributed by atoms with Crippen LogP contribution in [-0.2, 0) is 0 Å². The van der Waals surface area contributed by atoms with E-state index in [1.54, 1.807) is 7.11 Å². The summed E-state index contributed by atoms with van der Waals surface area (Å²) >= 11 is 0. The van der Waals surface area contributed by atoms with E-state index in [1.165, 1.54) is 11.1 Å². The number of aliphatic hydroxyl groups is 1. The SMILES string of the molecule is COc1ccc2c(c1)OC(c1ccccc1)[C@@H]1[C@@H]2CC[C@]2(C)[C@@H](O)CC[C@@H]12. The number of hydrogen-bond acceptors (Lipinski definition) is 3. The number of methoxy groups -OCH3 is 1. The van der Waals surface area contributed by atoms with Crippen molar-refractivity contribution in [1.82, 2.24) is 0 Å². The number of benzene rings is 2. The minimum absolute atomic E-state index is 0.0154. The van der Waals surface area contributed by atoms with Crippen LogP contribution < -0.4 is 9.47 Å². The molecule has 2 fully saturated rings. The van der Waals surface area contributed by atoms with Crippen LogP contribution in [0.25, 0.3) is 0 Å². The van der Waals surface area contributed by atoms with Crippen molar-refractivity contribution in [3.63, 3.8) is 0 Å². The lowest BCUT2D eigenvalue weighted by atomic mass is 9.56. The van der Waals surface area contributed by atoms with Crippen LogP contribution in [0.4, 0.5) is 0 Å². The summed E-state index contributed by atoms with van der Waals surface area (Å²) in [5, 5.41) is 10.7. The van der Waals surface area contributed by atoms with Gasteiger partial charge in [-0.3, -0.25) is 0 Å². The molecule has 5 rings (SSSR count). The molecule has 2 saturated carbocycles. The highest BCUT2D eigenvalue weighted by Crippen LogP contribution is 2.64. The Morgan fingerprint density at radius 1 is 1.07 bits per heavy atom. The fourth-order valence-corrected chi connectivity index (χ4v) is 6.15. The minimum atomic E-state index is -0.183. The largest absolute Gasteiger partial charge is 0.497 e. The Morgan fingerprint density at radius 3 is 2.67 bits per heavy atom. The van der Waals surface area contributed by atoms with Gasteiger partial charge in [0.15, 0.2) is 0 Å². The van der Waals surface area contributed by atoms with Gasteiger partial charge >= 0.3 is 0 Å². The summed E-state index contributed by atoms with van der Waals surface area (Å²) in [5.41, 5.74) is 2.57. The molecule has 6 atom stereocenters. The van der Waals surface area contributed by atoms with Crippen molar-refractivity contribution in [3.8, 4) is 11.5 Å². The van der Waals surface area contributed by atoms with Crippen molar-refractivity contribution in [3.05, 3.63) is 59.7 Å². The van der Waals surface area contributed by atoms with Gasteiger partial charge < -0.3 is 14.6 Å². The molecule has 3 nitrogen and oxygen atoms in total. The summed E-state index contributed by atoms with van der Waals surface area (Å²) < 4.78 is 12.1. The Balaban J connectivity index is 1.63. The minimum Gasteiger partial charge on any atom is -0.497 e. The van der Waals surface area contributed by atoms with Crippen LogP contribution in [0.3, 0.4) is 0 Å². The van der Waals surface area contributed by atoms with Gasteiger partial charge in [-0.2, -0.15) is 0 Å². The molecule has 0 radical (unpaired) electrons. The van der Waals surface area contributed by atoms with Crippen molar-refractivity contribution in [1.29, 1.82) is 0 Å². The molecule has 3 heteroatoms.